The zero-order valence-corrected chi connectivity index (χ0v) is 23.4. The van der Waals surface area contributed by atoms with Crippen molar-refractivity contribution in [3.05, 3.63) is 83.1 Å². The second kappa shape index (κ2) is 11.8. The Morgan fingerprint density at radius 1 is 1.05 bits per heavy atom. The van der Waals surface area contributed by atoms with Crippen molar-refractivity contribution in [2.75, 3.05) is 33.2 Å². The Balaban J connectivity index is 1.32. The molecule has 4 aliphatic rings. The molecule has 3 heterocycles. The summed E-state index contributed by atoms with van der Waals surface area (Å²) in [6.07, 6.45) is 18.3. The van der Waals surface area contributed by atoms with Crippen molar-refractivity contribution in [1.29, 1.82) is 0 Å². The molecule has 1 aliphatic carbocycles. The van der Waals surface area contributed by atoms with Gasteiger partial charge in [-0.15, -0.1) is 6.42 Å². The van der Waals surface area contributed by atoms with E-state index in [0.29, 0.717) is 23.9 Å². The monoisotopic (exact) mass is 508 g/mol. The van der Waals surface area contributed by atoms with Crippen LogP contribution in [0.25, 0.3) is 0 Å². The zero-order valence-electron chi connectivity index (χ0n) is 23.4. The molecule has 0 bridgehead atoms. The van der Waals surface area contributed by atoms with Crippen LogP contribution in [0.1, 0.15) is 68.9 Å². The molecule has 1 saturated carbocycles. The van der Waals surface area contributed by atoms with Crippen molar-refractivity contribution >= 4 is 5.84 Å². The van der Waals surface area contributed by atoms with Crippen LogP contribution in [0.2, 0.25) is 0 Å². The van der Waals surface area contributed by atoms with Crippen LogP contribution >= 0.6 is 0 Å². The largest absolute Gasteiger partial charge is 0.372 e. The van der Waals surface area contributed by atoms with Gasteiger partial charge in [-0.25, -0.2) is 0 Å². The Bertz CT molecular complexity index is 1170. The molecule has 1 aromatic rings. The fourth-order valence-corrected chi connectivity index (χ4v) is 6.45. The first kappa shape index (κ1) is 26.6. The van der Waals surface area contributed by atoms with Crippen molar-refractivity contribution in [3.8, 4) is 12.3 Å². The van der Waals surface area contributed by atoms with E-state index < -0.39 is 0 Å². The molecule has 2 saturated heterocycles. The average molecular weight is 509 g/mol. The molecule has 0 unspecified atom stereocenters. The van der Waals surface area contributed by atoms with Gasteiger partial charge in [0.1, 0.15) is 5.84 Å². The molecule has 3 fully saturated rings. The molecule has 0 amide bonds. The number of piperidine rings is 1. The highest BCUT2D eigenvalue weighted by atomic mass is 15.2. The number of nitrogens with zero attached hydrogens (tertiary/aromatic N) is 3. The van der Waals surface area contributed by atoms with Gasteiger partial charge in [-0.1, -0.05) is 43.7 Å². The minimum atomic E-state index is 0.364. The van der Waals surface area contributed by atoms with Gasteiger partial charge in [-0.2, -0.15) is 0 Å². The van der Waals surface area contributed by atoms with Gasteiger partial charge in [0.25, 0.3) is 0 Å². The third-order valence-corrected chi connectivity index (χ3v) is 9.28. The number of benzene rings is 1. The SMILES string of the molecule is C#Cc1ccc(C2CCN(C(=C)/C(C)=C/C(C3=N[C@@H]4CCN(C)CC[C@@H]4N3)=C(\C=C)C3CCC3)CC2)cc1. The normalized spacial score (nSPS) is 25.8. The topological polar surface area (TPSA) is 30.9 Å². The van der Waals surface area contributed by atoms with E-state index in [1.54, 1.807) is 0 Å². The number of terminal acetylenes is 1. The average Bonchev–Trinajstić information content (AvgIpc) is 3.25. The number of hydrogen-bond acceptors (Lipinski definition) is 4. The lowest BCUT2D eigenvalue weighted by Gasteiger charge is -2.35. The maximum atomic E-state index is 5.54. The molecular formula is C34H44N4. The Labute approximate surface area is 230 Å². The Hall–Kier alpha value is -3.03. The zero-order chi connectivity index (χ0) is 26.6. The third kappa shape index (κ3) is 5.69. The lowest BCUT2D eigenvalue weighted by Crippen LogP contribution is -2.36. The summed E-state index contributed by atoms with van der Waals surface area (Å²) in [5.41, 5.74) is 7.32. The molecule has 0 spiro atoms. The summed E-state index contributed by atoms with van der Waals surface area (Å²) in [7, 11) is 2.22. The highest BCUT2D eigenvalue weighted by Crippen LogP contribution is 2.37. The smallest absolute Gasteiger partial charge is 0.129 e. The predicted molar refractivity (Wildman–Crippen MR) is 160 cm³/mol. The van der Waals surface area contributed by atoms with Gasteiger partial charge in [-0.05, 0) is 112 Å². The minimum absolute atomic E-state index is 0.364. The van der Waals surface area contributed by atoms with E-state index in [-0.39, 0.29) is 0 Å². The summed E-state index contributed by atoms with van der Waals surface area (Å²) in [4.78, 5) is 10.2. The van der Waals surface area contributed by atoms with E-state index in [4.69, 9.17) is 11.4 Å². The second-order valence-corrected chi connectivity index (χ2v) is 11.7. The summed E-state index contributed by atoms with van der Waals surface area (Å²) < 4.78 is 0. The second-order valence-electron chi connectivity index (χ2n) is 11.7. The molecule has 1 aromatic carbocycles. The summed E-state index contributed by atoms with van der Waals surface area (Å²) in [6, 6.07) is 9.34. The lowest BCUT2D eigenvalue weighted by atomic mass is 9.77. The maximum Gasteiger partial charge on any atom is 0.129 e. The maximum absolute atomic E-state index is 5.54. The van der Waals surface area contributed by atoms with Crippen LogP contribution in [0, 0.1) is 18.3 Å². The molecule has 200 valence electrons. The highest BCUT2D eigenvalue weighted by Gasteiger charge is 2.34. The number of aliphatic imine (C=N–C) groups is 1. The number of allylic oxidation sites excluding steroid dienone is 3. The number of amidine groups is 1. The number of hydrogen-bond donors (Lipinski definition) is 1. The van der Waals surface area contributed by atoms with E-state index in [2.05, 4.69) is 84.6 Å². The summed E-state index contributed by atoms with van der Waals surface area (Å²) in [5, 5.41) is 3.84. The molecular weight excluding hydrogens is 464 g/mol. The quantitative estimate of drug-likeness (QED) is 0.359. The number of fused-ring (bicyclic) bond motifs is 1. The van der Waals surface area contributed by atoms with E-state index >= 15 is 0 Å². The molecule has 5 rings (SSSR count). The van der Waals surface area contributed by atoms with Crippen molar-refractivity contribution in [2.24, 2.45) is 10.9 Å². The molecule has 2 atom stereocenters. The van der Waals surface area contributed by atoms with Gasteiger partial charge in [0, 0.05) is 29.9 Å². The van der Waals surface area contributed by atoms with Crippen molar-refractivity contribution in [3.63, 3.8) is 0 Å². The number of rotatable bonds is 7. The van der Waals surface area contributed by atoms with Gasteiger partial charge >= 0.3 is 0 Å². The van der Waals surface area contributed by atoms with Crippen LogP contribution in [0.4, 0.5) is 0 Å². The standard InChI is InChI=1S/C34H44N4/c1-6-26-11-13-27(14-12-26)28-15-21-38(22-16-28)25(4)24(3)23-31(30(7-2)29-9-8-10-29)34-35-32-17-19-37(5)20-18-33(32)36-34/h1,7,11-14,23,28-29,32-33H,2,4,8-10,15-22H2,3,5H3,(H,35,36)/b24-23+,31-30-/t32-,33+. The van der Waals surface area contributed by atoms with Crippen LogP contribution in [-0.2, 0) is 0 Å². The van der Waals surface area contributed by atoms with Gasteiger partial charge in [0.05, 0.1) is 12.1 Å². The van der Waals surface area contributed by atoms with Crippen molar-refractivity contribution < 1.29 is 0 Å². The van der Waals surface area contributed by atoms with Gasteiger partial charge in [-0.3, -0.25) is 4.99 Å². The number of nitrogens with one attached hydrogen (secondary N) is 1. The fraction of sp³-hybridized carbons (Fsp3) is 0.500. The molecule has 0 aromatic heterocycles. The predicted octanol–water partition coefficient (Wildman–Crippen LogP) is 6.05. The lowest BCUT2D eigenvalue weighted by molar-refractivity contribution is 0.268. The Kier molecular flexibility index (Phi) is 8.24. The van der Waals surface area contributed by atoms with E-state index in [0.717, 1.165) is 69.0 Å². The van der Waals surface area contributed by atoms with Crippen molar-refractivity contribution in [2.45, 2.75) is 69.9 Å². The van der Waals surface area contributed by atoms with Crippen molar-refractivity contribution in [1.82, 2.24) is 15.1 Å². The van der Waals surface area contributed by atoms with E-state index in [9.17, 15) is 0 Å². The van der Waals surface area contributed by atoms with Gasteiger partial charge in [0.2, 0.25) is 0 Å². The van der Waals surface area contributed by atoms with Gasteiger partial charge in [0.15, 0.2) is 0 Å². The van der Waals surface area contributed by atoms with Crippen LogP contribution in [-0.4, -0.2) is 60.9 Å². The Morgan fingerprint density at radius 2 is 1.76 bits per heavy atom. The Morgan fingerprint density at radius 3 is 2.39 bits per heavy atom. The van der Waals surface area contributed by atoms with Crippen LogP contribution in [0.5, 0.6) is 0 Å². The van der Waals surface area contributed by atoms with E-state index in [1.807, 2.05) is 0 Å². The summed E-state index contributed by atoms with van der Waals surface area (Å²) in [6.45, 7) is 15.3. The summed E-state index contributed by atoms with van der Waals surface area (Å²) >= 11 is 0. The highest BCUT2D eigenvalue weighted by molar-refractivity contribution is 6.03. The van der Waals surface area contributed by atoms with Crippen LogP contribution in [0.3, 0.4) is 0 Å². The molecule has 3 aliphatic heterocycles. The fourth-order valence-electron chi connectivity index (χ4n) is 6.45. The first-order valence-corrected chi connectivity index (χ1v) is 14.6. The van der Waals surface area contributed by atoms with E-state index in [1.165, 1.54) is 41.5 Å². The van der Waals surface area contributed by atoms with Gasteiger partial charge < -0.3 is 15.1 Å². The van der Waals surface area contributed by atoms with Crippen LogP contribution < -0.4 is 5.32 Å². The van der Waals surface area contributed by atoms with Crippen LogP contribution in [0.15, 0.2) is 77.0 Å². The first-order valence-electron chi connectivity index (χ1n) is 14.6. The number of likely N-dealkylation sites (tertiary alicyclic amines) is 2. The first-order chi connectivity index (χ1) is 18.5. The molecule has 0 radical (unpaired) electrons. The molecule has 38 heavy (non-hydrogen) atoms. The molecule has 4 heteroatoms. The molecule has 4 nitrogen and oxygen atoms in total. The molecule has 1 N–H and O–H groups in total. The third-order valence-electron chi connectivity index (χ3n) is 9.28. The minimum Gasteiger partial charge on any atom is -0.372 e. The summed E-state index contributed by atoms with van der Waals surface area (Å²) in [5.74, 6) is 4.98.